The Kier molecular flexibility index (Phi) is 3.13. The molecule has 1 aromatic rings. The highest BCUT2D eigenvalue weighted by molar-refractivity contribution is 7.12. The molecule has 3 heteroatoms. The Morgan fingerprint density at radius 3 is 3.00 bits per heavy atom. The van der Waals surface area contributed by atoms with Gasteiger partial charge in [-0.1, -0.05) is 13.8 Å². The van der Waals surface area contributed by atoms with Crippen LogP contribution in [-0.4, -0.2) is 4.98 Å². The van der Waals surface area contributed by atoms with E-state index >= 15 is 0 Å². The smallest absolute Gasteiger partial charge is 0.108 e. The molecule has 1 nitrogen and oxygen atoms in total. The van der Waals surface area contributed by atoms with Crippen molar-refractivity contribution < 1.29 is 0 Å². The van der Waals surface area contributed by atoms with Gasteiger partial charge in [-0.2, -0.15) is 0 Å². The Hall–Kier alpha value is -0.0800. The first-order chi connectivity index (χ1) is 6.70. The van der Waals surface area contributed by atoms with Crippen molar-refractivity contribution in [3.8, 4) is 0 Å². The van der Waals surface area contributed by atoms with Gasteiger partial charge in [0.15, 0.2) is 0 Å². The monoisotopic (exact) mass is 229 g/mol. The van der Waals surface area contributed by atoms with Gasteiger partial charge in [-0.3, -0.25) is 0 Å². The molecule has 0 saturated carbocycles. The number of aromatic nitrogens is 1. The molecule has 0 aromatic carbocycles. The minimum absolute atomic E-state index is 0.573. The molecule has 0 saturated heterocycles. The maximum Gasteiger partial charge on any atom is 0.108 e. The molecule has 1 unspecified atom stereocenters. The van der Waals surface area contributed by atoms with Gasteiger partial charge < -0.3 is 0 Å². The number of halogens is 1. The first-order valence-electron chi connectivity index (χ1n) is 5.24. The highest BCUT2D eigenvalue weighted by atomic mass is 35.5. The molecule has 0 radical (unpaired) electrons. The van der Waals surface area contributed by atoms with Gasteiger partial charge in [0.05, 0.1) is 11.6 Å². The van der Waals surface area contributed by atoms with Crippen molar-refractivity contribution >= 4 is 22.9 Å². The zero-order valence-corrected chi connectivity index (χ0v) is 10.3. The standard InChI is InChI=1S/C11H16ClNS/c1-7(2)8-3-4-9-10(5-8)14-11(6-12)13-9/h7-8H,3-6H2,1-2H3. The molecule has 0 bridgehead atoms. The van der Waals surface area contributed by atoms with E-state index in [1.807, 2.05) is 11.3 Å². The molecule has 1 aliphatic carbocycles. The van der Waals surface area contributed by atoms with E-state index in [0.717, 1.165) is 23.3 Å². The number of nitrogens with zero attached hydrogens (tertiary/aromatic N) is 1. The topological polar surface area (TPSA) is 12.9 Å². The lowest BCUT2D eigenvalue weighted by Crippen LogP contribution is -2.17. The minimum Gasteiger partial charge on any atom is -0.245 e. The van der Waals surface area contributed by atoms with Gasteiger partial charge in [0.25, 0.3) is 0 Å². The number of rotatable bonds is 2. The van der Waals surface area contributed by atoms with Gasteiger partial charge in [-0.25, -0.2) is 4.98 Å². The van der Waals surface area contributed by atoms with E-state index in [1.165, 1.54) is 23.4 Å². The molecule has 78 valence electrons. The van der Waals surface area contributed by atoms with Crippen LogP contribution in [0.15, 0.2) is 0 Å². The Bertz CT molecular complexity index is 319. The van der Waals surface area contributed by atoms with Crippen LogP contribution >= 0.6 is 22.9 Å². The van der Waals surface area contributed by atoms with Crippen LogP contribution in [0.4, 0.5) is 0 Å². The lowest BCUT2D eigenvalue weighted by Gasteiger charge is -2.24. The van der Waals surface area contributed by atoms with Crippen LogP contribution in [-0.2, 0) is 18.7 Å². The lowest BCUT2D eigenvalue weighted by molar-refractivity contribution is 0.344. The molecule has 1 aromatic heterocycles. The molecule has 2 rings (SSSR count). The Morgan fingerprint density at radius 2 is 2.36 bits per heavy atom. The fourth-order valence-corrected chi connectivity index (χ4v) is 3.36. The fourth-order valence-electron chi connectivity index (χ4n) is 2.08. The van der Waals surface area contributed by atoms with Gasteiger partial charge >= 0.3 is 0 Å². The molecule has 14 heavy (non-hydrogen) atoms. The zero-order chi connectivity index (χ0) is 10.1. The van der Waals surface area contributed by atoms with Crippen molar-refractivity contribution in [2.45, 2.75) is 39.0 Å². The third kappa shape index (κ3) is 1.96. The van der Waals surface area contributed by atoms with Crippen LogP contribution in [0.25, 0.3) is 0 Å². The van der Waals surface area contributed by atoms with E-state index in [4.69, 9.17) is 11.6 Å². The van der Waals surface area contributed by atoms with Gasteiger partial charge in [-0.15, -0.1) is 22.9 Å². The number of hydrogen-bond acceptors (Lipinski definition) is 2. The summed E-state index contributed by atoms with van der Waals surface area (Å²) in [7, 11) is 0. The first-order valence-corrected chi connectivity index (χ1v) is 6.59. The third-order valence-electron chi connectivity index (χ3n) is 3.08. The van der Waals surface area contributed by atoms with Crippen molar-refractivity contribution in [1.29, 1.82) is 0 Å². The summed E-state index contributed by atoms with van der Waals surface area (Å²) >= 11 is 7.61. The molecular weight excluding hydrogens is 214 g/mol. The van der Waals surface area contributed by atoms with Gasteiger partial charge in [0, 0.05) is 4.88 Å². The predicted octanol–water partition coefficient (Wildman–Crippen LogP) is 3.64. The van der Waals surface area contributed by atoms with Crippen LogP contribution in [0.5, 0.6) is 0 Å². The summed E-state index contributed by atoms with van der Waals surface area (Å²) in [4.78, 5) is 6.04. The summed E-state index contributed by atoms with van der Waals surface area (Å²) in [5.74, 6) is 2.22. The number of thiazole rings is 1. The molecule has 1 aliphatic rings. The summed E-state index contributed by atoms with van der Waals surface area (Å²) < 4.78 is 0. The van der Waals surface area contributed by atoms with Crippen LogP contribution in [0, 0.1) is 11.8 Å². The van der Waals surface area contributed by atoms with Crippen molar-refractivity contribution in [1.82, 2.24) is 4.98 Å². The van der Waals surface area contributed by atoms with Crippen LogP contribution in [0.1, 0.15) is 35.8 Å². The summed E-state index contributed by atoms with van der Waals surface area (Å²) in [6.45, 7) is 4.64. The Labute approximate surface area is 94.5 Å². The highest BCUT2D eigenvalue weighted by Gasteiger charge is 2.24. The zero-order valence-electron chi connectivity index (χ0n) is 8.72. The van der Waals surface area contributed by atoms with Gasteiger partial charge in [0.1, 0.15) is 5.01 Å². The van der Waals surface area contributed by atoms with E-state index in [-0.39, 0.29) is 0 Å². The summed E-state index contributed by atoms with van der Waals surface area (Å²) in [6, 6.07) is 0. The second kappa shape index (κ2) is 4.19. The SMILES string of the molecule is CC(C)C1CCc2nc(CCl)sc2C1. The molecule has 0 aliphatic heterocycles. The second-order valence-corrected chi connectivity index (χ2v) is 5.79. The minimum atomic E-state index is 0.573. The number of fused-ring (bicyclic) bond motifs is 1. The predicted molar refractivity (Wildman–Crippen MR) is 62.0 cm³/mol. The average molecular weight is 230 g/mol. The van der Waals surface area contributed by atoms with Crippen molar-refractivity contribution in [3.05, 3.63) is 15.6 Å². The molecule has 0 fully saturated rings. The van der Waals surface area contributed by atoms with Gasteiger partial charge in [0.2, 0.25) is 0 Å². The van der Waals surface area contributed by atoms with Crippen LogP contribution in [0.3, 0.4) is 0 Å². The van der Waals surface area contributed by atoms with Gasteiger partial charge in [-0.05, 0) is 31.1 Å². The first kappa shape index (κ1) is 10.4. The Balaban J connectivity index is 2.17. The quantitative estimate of drug-likeness (QED) is 0.706. The number of aryl methyl sites for hydroxylation is 1. The summed E-state index contributed by atoms with van der Waals surface area (Å²) in [6.07, 6.45) is 3.68. The molecule has 0 N–H and O–H groups in total. The maximum atomic E-state index is 5.79. The number of alkyl halides is 1. The molecule has 1 atom stereocenters. The van der Waals surface area contributed by atoms with Crippen LogP contribution < -0.4 is 0 Å². The van der Waals surface area contributed by atoms with Crippen molar-refractivity contribution in [3.63, 3.8) is 0 Å². The third-order valence-corrected chi connectivity index (χ3v) is 4.61. The molecule has 0 amide bonds. The molecular formula is C11H16ClNS. The van der Waals surface area contributed by atoms with Crippen LogP contribution in [0.2, 0.25) is 0 Å². The van der Waals surface area contributed by atoms with E-state index in [1.54, 1.807) is 0 Å². The number of hydrogen-bond donors (Lipinski definition) is 0. The van der Waals surface area contributed by atoms with E-state index < -0.39 is 0 Å². The molecule has 0 spiro atoms. The normalized spacial score (nSPS) is 21.3. The van der Waals surface area contributed by atoms with Crippen molar-refractivity contribution in [2.75, 3.05) is 0 Å². The Morgan fingerprint density at radius 1 is 1.57 bits per heavy atom. The summed E-state index contributed by atoms with van der Waals surface area (Å²) in [5, 5.41) is 1.10. The van der Waals surface area contributed by atoms with E-state index in [2.05, 4.69) is 18.8 Å². The average Bonchev–Trinajstić information content (AvgIpc) is 2.58. The largest absolute Gasteiger partial charge is 0.245 e. The maximum absolute atomic E-state index is 5.79. The highest BCUT2D eigenvalue weighted by Crippen LogP contribution is 2.33. The van der Waals surface area contributed by atoms with Crippen molar-refractivity contribution in [2.24, 2.45) is 11.8 Å². The second-order valence-electron chi connectivity index (χ2n) is 4.36. The fraction of sp³-hybridized carbons (Fsp3) is 0.727. The molecule has 1 heterocycles. The van der Waals surface area contributed by atoms with E-state index in [9.17, 15) is 0 Å². The lowest BCUT2D eigenvalue weighted by atomic mass is 9.83. The summed E-state index contributed by atoms with van der Waals surface area (Å²) in [5.41, 5.74) is 1.32. The van der Waals surface area contributed by atoms with E-state index in [0.29, 0.717) is 5.88 Å².